The van der Waals surface area contributed by atoms with E-state index in [2.05, 4.69) is 5.32 Å². The van der Waals surface area contributed by atoms with Crippen molar-refractivity contribution in [1.29, 1.82) is 0 Å². The second kappa shape index (κ2) is 5.92. The second-order valence-corrected chi connectivity index (χ2v) is 7.34. The third-order valence-electron chi connectivity index (χ3n) is 3.30. The number of alkyl halides is 1. The van der Waals surface area contributed by atoms with Crippen LogP contribution >= 0.6 is 11.6 Å². The van der Waals surface area contributed by atoms with Crippen molar-refractivity contribution in [2.75, 3.05) is 12.3 Å². The first-order chi connectivity index (χ1) is 9.03. The number of hydrogen-bond acceptors (Lipinski definition) is 3. The third kappa shape index (κ3) is 3.48. The summed E-state index contributed by atoms with van der Waals surface area (Å²) < 4.78 is 23.3. The molecule has 1 saturated heterocycles. The maximum atomic E-state index is 11.9. The number of hydrogen-bond donors (Lipinski definition) is 1. The normalized spacial score (nSPS) is 21.2. The molecule has 0 aliphatic carbocycles. The van der Waals surface area contributed by atoms with Gasteiger partial charge >= 0.3 is 0 Å². The summed E-state index contributed by atoms with van der Waals surface area (Å²) in [4.78, 5) is 11.9. The highest BCUT2D eigenvalue weighted by Crippen LogP contribution is 2.19. The first kappa shape index (κ1) is 14.3. The average Bonchev–Trinajstić information content (AvgIpc) is 2.75. The van der Waals surface area contributed by atoms with E-state index in [9.17, 15) is 13.2 Å². The van der Waals surface area contributed by atoms with Gasteiger partial charge < -0.3 is 5.32 Å². The van der Waals surface area contributed by atoms with E-state index in [4.69, 9.17) is 11.6 Å². The van der Waals surface area contributed by atoms with Crippen LogP contribution in [0.2, 0.25) is 0 Å². The van der Waals surface area contributed by atoms with Gasteiger partial charge in [0.05, 0.1) is 11.0 Å². The molecule has 6 heteroatoms. The van der Waals surface area contributed by atoms with E-state index in [1.807, 2.05) is 6.07 Å². The Balaban J connectivity index is 1.98. The highest BCUT2D eigenvalue weighted by Gasteiger charge is 2.31. The lowest BCUT2D eigenvalue weighted by Gasteiger charge is -2.11. The van der Waals surface area contributed by atoms with Gasteiger partial charge in [0.25, 0.3) is 5.91 Å². The van der Waals surface area contributed by atoms with Crippen LogP contribution in [-0.2, 0) is 15.7 Å². The van der Waals surface area contributed by atoms with Crippen molar-refractivity contribution in [1.82, 2.24) is 5.32 Å². The number of carbonyl (C=O) groups excluding carboxylic acids is 1. The van der Waals surface area contributed by atoms with Crippen molar-refractivity contribution in [2.45, 2.75) is 24.0 Å². The van der Waals surface area contributed by atoms with Crippen molar-refractivity contribution in [3.63, 3.8) is 0 Å². The van der Waals surface area contributed by atoms with E-state index in [-0.39, 0.29) is 18.2 Å². The van der Waals surface area contributed by atoms with E-state index in [0.29, 0.717) is 24.3 Å². The molecule has 4 nitrogen and oxygen atoms in total. The van der Waals surface area contributed by atoms with Gasteiger partial charge in [-0.15, -0.1) is 11.6 Å². The summed E-state index contributed by atoms with van der Waals surface area (Å²) in [5, 5.41) is 2.25. The zero-order valence-electron chi connectivity index (χ0n) is 10.4. The molecule has 1 fully saturated rings. The van der Waals surface area contributed by atoms with Gasteiger partial charge in [0.2, 0.25) is 0 Å². The number of nitrogens with one attached hydrogen (secondary N) is 1. The summed E-state index contributed by atoms with van der Waals surface area (Å²) in [7, 11) is -3.01. The van der Waals surface area contributed by atoms with Gasteiger partial charge in [-0.2, -0.15) is 0 Å². The smallest absolute Gasteiger partial charge is 0.251 e. The average molecular weight is 302 g/mol. The Morgan fingerprint density at radius 2 is 2.21 bits per heavy atom. The Morgan fingerprint density at radius 3 is 2.84 bits per heavy atom. The van der Waals surface area contributed by atoms with Crippen molar-refractivity contribution in [3.05, 3.63) is 35.4 Å². The predicted molar refractivity (Wildman–Crippen MR) is 75.1 cm³/mol. The quantitative estimate of drug-likeness (QED) is 0.862. The Kier molecular flexibility index (Phi) is 4.47. The summed E-state index contributed by atoms with van der Waals surface area (Å²) in [5.74, 6) is 0.321. The van der Waals surface area contributed by atoms with Gasteiger partial charge in [0, 0.05) is 18.0 Å². The number of benzene rings is 1. The van der Waals surface area contributed by atoms with Gasteiger partial charge in [0.1, 0.15) is 0 Å². The Morgan fingerprint density at radius 1 is 1.42 bits per heavy atom. The molecule has 104 valence electrons. The van der Waals surface area contributed by atoms with Crippen LogP contribution in [0.1, 0.15) is 28.8 Å². The number of halogens is 1. The zero-order chi connectivity index (χ0) is 13.9. The molecule has 0 aromatic heterocycles. The number of amides is 1. The van der Waals surface area contributed by atoms with Crippen molar-refractivity contribution >= 4 is 27.3 Å². The molecule has 0 spiro atoms. The SMILES string of the molecule is O=C(NCC1CCCS1(=O)=O)c1cccc(CCl)c1. The molecule has 19 heavy (non-hydrogen) atoms. The minimum Gasteiger partial charge on any atom is -0.351 e. The lowest BCUT2D eigenvalue weighted by Crippen LogP contribution is -2.34. The molecule has 1 amide bonds. The predicted octanol–water partition coefficient (Wildman–Crippen LogP) is 1.73. The third-order valence-corrected chi connectivity index (χ3v) is 5.88. The molecule has 1 aliphatic heterocycles. The summed E-state index contributed by atoms with van der Waals surface area (Å²) in [6, 6.07) is 7.00. The van der Waals surface area contributed by atoms with Crippen molar-refractivity contribution in [2.24, 2.45) is 0 Å². The van der Waals surface area contributed by atoms with Crippen LogP contribution in [0.5, 0.6) is 0 Å². The molecule has 0 saturated carbocycles. The van der Waals surface area contributed by atoms with Gasteiger partial charge in [-0.25, -0.2) is 8.42 Å². The maximum Gasteiger partial charge on any atom is 0.251 e. The van der Waals surface area contributed by atoms with E-state index in [1.54, 1.807) is 18.2 Å². The molecule has 1 aromatic rings. The van der Waals surface area contributed by atoms with Crippen molar-refractivity contribution < 1.29 is 13.2 Å². The fourth-order valence-electron chi connectivity index (χ4n) is 2.19. The standard InChI is InChI=1S/C13H16ClNO3S/c14-8-10-3-1-4-11(7-10)13(16)15-9-12-5-2-6-19(12,17)18/h1,3-4,7,12H,2,5-6,8-9H2,(H,15,16). The first-order valence-corrected chi connectivity index (χ1v) is 8.42. The largest absolute Gasteiger partial charge is 0.351 e. The lowest BCUT2D eigenvalue weighted by atomic mass is 10.1. The van der Waals surface area contributed by atoms with Gasteiger partial charge in [-0.05, 0) is 30.5 Å². The second-order valence-electron chi connectivity index (χ2n) is 4.68. The molecule has 0 bridgehead atoms. The molecule has 1 atom stereocenters. The molecule has 1 aromatic carbocycles. The van der Waals surface area contributed by atoms with E-state index < -0.39 is 15.1 Å². The number of rotatable bonds is 4. The molecule has 1 aliphatic rings. The molecule has 0 radical (unpaired) electrons. The van der Waals surface area contributed by atoms with E-state index in [1.165, 1.54) is 0 Å². The van der Waals surface area contributed by atoms with Crippen LogP contribution in [-0.4, -0.2) is 31.9 Å². The molecular weight excluding hydrogens is 286 g/mol. The van der Waals surface area contributed by atoms with Gasteiger partial charge in [-0.1, -0.05) is 12.1 Å². The topological polar surface area (TPSA) is 63.2 Å². The summed E-state index contributed by atoms with van der Waals surface area (Å²) in [6.07, 6.45) is 1.31. The fourth-order valence-corrected chi connectivity index (χ4v) is 4.12. The van der Waals surface area contributed by atoms with Crippen molar-refractivity contribution in [3.8, 4) is 0 Å². The van der Waals surface area contributed by atoms with Crippen LogP contribution in [0.15, 0.2) is 24.3 Å². The minimum atomic E-state index is -3.01. The Hall–Kier alpha value is -1.07. The molecule has 2 rings (SSSR count). The van der Waals surface area contributed by atoms with E-state index >= 15 is 0 Å². The number of carbonyl (C=O) groups is 1. The van der Waals surface area contributed by atoms with Crippen LogP contribution in [0.4, 0.5) is 0 Å². The zero-order valence-corrected chi connectivity index (χ0v) is 12.0. The van der Waals surface area contributed by atoms with Crippen LogP contribution in [0, 0.1) is 0 Å². The maximum absolute atomic E-state index is 11.9. The first-order valence-electron chi connectivity index (χ1n) is 6.17. The minimum absolute atomic E-state index is 0.187. The highest BCUT2D eigenvalue weighted by atomic mass is 35.5. The highest BCUT2D eigenvalue weighted by molar-refractivity contribution is 7.92. The molecule has 1 unspecified atom stereocenters. The Labute approximate surface area is 118 Å². The molecule has 1 N–H and O–H groups in total. The molecular formula is C13H16ClNO3S. The lowest BCUT2D eigenvalue weighted by molar-refractivity contribution is 0.0953. The summed E-state index contributed by atoms with van der Waals surface area (Å²) in [5.41, 5.74) is 1.37. The van der Waals surface area contributed by atoms with Crippen LogP contribution < -0.4 is 5.32 Å². The number of sulfone groups is 1. The molecule has 1 heterocycles. The van der Waals surface area contributed by atoms with Crippen LogP contribution in [0.25, 0.3) is 0 Å². The Bertz CT molecular complexity index is 571. The fraction of sp³-hybridized carbons (Fsp3) is 0.462. The summed E-state index contributed by atoms with van der Waals surface area (Å²) in [6.45, 7) is 0.187. The van der Waals surface area contributed by atoms with Gasteiger partial charge in [-0.3, -0.25) is 4.79 Å². The summed E-state index contributed by atoms with van der Waals surface area (Å²) >= 11 is 5.71. The van der Waals surface area contributed by atoms with E-state index in [0.717, 1.165) is 5.56 Å². The van der Waals surface area contributed by atoms with Gasteiger partial charge in [0.15, 0.2) is 9.84 Å². The monoisotopic (exact) mass is 301 g/mol. The van der Waals surface area contributed by atoms with Crippen LogP contribution in [0.3, 0.4) is 0 Å².